The maximum atomic E-state index is 13.4. The number of rotatable bonds is 6. The van der Waals surface area contributed by atoms with Crippen LogP contribution in [-0.4, -0.2) is 67.6 Å². The van der Waals surface area contributed by atoms with E-state index in [9.17, 15) is 18.4 Å². The van der Waals surface area contributed by atoms with Crippen LogP contribution in [0.1, 0.15) is 23.2 Å². The van der Waals surface area contributed by atoms with E-state index in [1.165, 1.54) is 12.1 Å². The molecule has 1 unspecified atom stereocenters. The number of anilines is 2. The zero-order valence-electron chi connectivity index (χ0n) is 18.2. The van der Waals surface area contributed by atoms with Gasteiger partial charge in [-0.05, 0) is 49.2 Å². The summed E-state index contributed by atoms with van der Waals surface area (Å²) in [5.41, 5.74) is 1.73. The molecule has 0 spiro atoms. The lowest BCUT2D eigenvalue weighted by Crippen LogP contribution is -2.49. The van der Waals surface area contributed by atoms with Gasteiger partial charge in [-0.2, -0.15) is 8.78 Å². The smallest absolute Gasteiger partial charge is 0.387 e. The predicted molar refractivity (Wildman–Crippen MR) is 119 cm³/mol. The normalized spacial score (nSPS) is 18.8. The summed E-state index contributed by atoms with van der Waals surface area (Å²) in [5.74, 6) is -0.198. The average molecular weight is 459 g/mol. The molecule has 2 aliphatic heterocycles. The van der Waals surface area contributed by atoms with Crippen molar-refractivity contribution in [3.05, 3.63) is 54.1 Å². The van der Waals surface area contributed by atoms with Crippen LogP contribution in [0.4, 0.5) is 20.2 Å². The molecule has 7 nitrogen and oxygen atoms in total. The molecule has 0 saturated carbocycles. The number of ether oxygens (including phenoxy) is 2. The molecule has 2 aromatic carbocycles. The first-order valence-electron chi connectivity index (χ1n) is 11.1. The Kier molecular flexibility index (Phi) is 7.39. The van der Waals surface area contributed by atoms with E-state index in [4.69, 9.17) is 4.74 Å². The number of carbonyl (C=O) groups excluding carboxylic acids is 2. The summed E-state index contributed by atoms with van der Waals surface area (Å²) in [7, 11) is 0. The molecular weight excluding hydrogens is 432 g/mol. The van der Waals surface area contributed by atoms with Crippen LogP contribution in [-0.2, 0) is 9.53 Å². The van der Waals surface area contributed by atoms with Gasteiger partial charge in [-0.15, -0.1) is 0 Å². The lowest BCUT2D eigenvalue weighted by Gasteiger charge is -2.36. The molecule has 4 rings (SSSR count). The molecule has 2 aliphatic rings. The van der Waals surface area contributed by atoms with Crippen LogP contribution in [0.15, 0.2) is 48.5 Å². The number of benzene rings is 2. The summed E-state index contributed by atoms with van der Waals surface area (Å²) < 4.78 is 34.4. The summed E-state index contributed by atoms with van der Waals surface area (Å²) in [6.45, 7) is 0.396. The fourth-order valence-corrected chi connectivity index (χ4v) is 4.23. The van der Waals surface area contributed by atoms with Gasteiger partial charge in [-0.3, -0.25) is 9.59 Å². The molecule has 1 N–H and O–H groups in total. The van der Waals surface area contributed by atoms with Crippen LogP contribution < -0.4 is 10.1 Å². The number of hydrogen-bond donors (Lipinski definition) is 1. The lowest BCUT2D eigenvalue weighted by molar-refractivity contribution is -0.141. The number of likely N-dealkylation sites (tertiary alicyclic amines) is 1. The minimum atomic E-state index is -2.88. The Hall–Kier alpha value is -3.20. The van der Waals surface area contributed by atoms with Crippen LogP contribution >= 0.6 is 0 Å². The van der Waals surface area contributed by atoms with Gasteiger partial charge in [0.15, 0.2) is 0 Å². The fourth-order valence-electron chi connectivity index (χ4n) is 4.23. The minimum Gasteiger partial charge on any atom is -0.435 e. The Labute approximate surface area is 191 Å². The number of carbonyl (C=O) groups is 2. The van der Waals surface area contributed by atoms with Gasteiger partial charge in [0.2, 0.25) is 5.91 Å². The van der Waals surface area contributed by atoms with Crippen molar-refractivity contribution in [1.82, 2.24) is 9.80 Å². The van der Waals surface area contributed by atoms with Crippen molar-refractivity contribution < 1.29 is 27.8 Å². The molecule has 0 aliphatic carbocycles. The number of nitrogens with zero attached hydrogens (tertiary/aromatic N) is 2. The Morgan fingerprint density at radius 2 is 1.73 bits per heavy atom. The number of piperidine rings is 1. The number of morpholine rings is 1. The van der Waals surface area contributed by atoms with E-state index in [1.807, 2.05) is 11.0 Å². The van der Waals surface area contributed by atoms with E-state index >= 15 is 0 Å². The first-order valence-corrected chi connectivity index (χ1v) is 11.1. The Morgan fingerprint density at radius 3 is 2.45 bits per heavy atom. The number of hydrogen-bond acceptors (Lipinski definition) is 5. The molecule has 2 heterocycles. The van der Waals surface area contributed by atoms with Gasteiger partial charge < -0.3 is 24.6 Å². The molecule has 2 amide bonds. The molecule has 33 heavy (non-hydrogen) atoms. The highest BCUT2D eigenvalue weighted by molar-refractivity contribution is 6.00. The maximum absolute atomic E-state index is 13.4. The SMILES string of the molecule is O=C(c1ccccc1Nc1ccc(OC(F)F)cc1)N1CCCC(C(=O)N2CCOCC2)C1. The summed E-state index contributed by atoms with van der Waals surface area (Å²) in [4.78, 5) is 29.9. The Morgan fingerprint density at radius 1 is 1.00 bits per heavy atom. The van der Waals surface area contributed by atoms with Gasteiger partial charge in [0.1, 0.15) is 5.75 Å². The van der Waals surface area contributed by atoms with Crippen molar-refractivity contribution in [2.45, 2.75) is 19.5 Å². The first kappa shape index (κ1) is 23.0. The van der Waals surface area contributed by atoms with Crippen molar-refractivity contribution in [3.8, 4) is 5.75 Å². The molecule has 0 bridgehead atoms. The molecule has 2 fully saturated rings. The maximum Gasteiger partial charge on any atom is 0.387 e. The van der Waals surface area contributed by atoms with Crippen molar-refractivity contribution in [2.24, 2.45) is 5.92 Å². The summed E-state index contributed by atoms with van der Waals surface area (Å²) >= 11 is 0. The van der Waals surface area contributed by atoms with Gasteiger partial charge in [-0.25, -0.2) is 0 Å². The van der Waals surface area contributed by atoms with Gasteiger partial charge in [0, 0.05) is 31.9 Å². The van der Waals surface area contributed by atoms with Crippen LogP contribution in [0.2, 0.25) is 0 Å². The number of alkyl halides is 2. The first-order chi connectivity index (χ1) is 16.0. The highest BCUT2D eigenvalue weighted by Gasteiger charge is 2.32. The molecule has 0 radical (unpaired) electrons. The Balaban J connectivity index is 1.44. The number of nitrogens with one attached hydrogen (secondary N) is 1. The molecular formula is C24H27F2N3O4. The number of para-hydroxylation sites is 1. The van der Waals surface area contributed by atoms with E-state index in [0.717, 1.165) is 12.8 Å². The third-order valence-electron chi connectivity index (χ3n) is 5.90. The number of halogens is 2. The van der Waals surface area contributed by atoms with Crippen LogP contribution in [0.5, 0.6) is 5.75 Å². The molecule has 0 aromatic heterocycles. The third-order valence-corrected chi connectivity index (χ3v) is 5.90. The van der Waals surface area contributed by atoms with Gasteiger partial charge in [-0.1, -0.05) is 12.1 Å². The van der Waals surface area contributed by atoms with Gasteiger partial charge in [0.25, 0.3) is 5.91 Å². The highest BCUT2D eigenvalue weighted by Crippen LogP contribution is 2.27. The molecule has 9 heteroatoms. The van der Waals surface area contributed by atoms with Crippen molar-refractivity contribution in [2.75, 3.05) is 44.7 Å². The number of amides is 2. The largest absolute Gasteiger partial charge is 0.435 e. The molecule has 1 atom stereocenters. The van der Waals surface area contributed by atoms with Crippen molar-refractivity contribution in [3.63, 3.8) is 0 Å². The van der Waals surface area contributed by atoms with Crippen molar-refractivity contribution in [1.29, 1.82) is 0 Å². The monoisotopic (exact) mass is 459 g/mol. The lowest BCUT2D eigenvalue weighted by atomic mass is 9.95. The molecule has 2 saturated heterocycles. The summed E-state index contributed by atoms with van der Waals surface area (Å²) in [6.07, 6.45) is 1.54. The zero-order chi connectivity index (χ0) is 23.2. The third kappa shape index (κ3) is 5.78. The summed E-state index contributed by atoms with van der Waals surface area (Å²) in [5, 5.41) is 3.18. The van der Waals surface area contributed by atoms with Crippen LogP contribution in [0, 0.1) is 5.92 Å². The minimum absolute atomic E-state index is 0.0594. The van der Waals surface area contributed by atoms with E-state index in [2.05, 4.69) is 10.1 Å². The second kappa shape index (κ2) is 10.6. The Bertz CT molecular complexity index is 964. The topological polar surface area (TPSA) is 71.1 Å². The molecule has 176 valence electrons. The van der Waals surface area contributed by atoms with Crippen LogP contribution in [0.3, 0.4) is 0 Å². The average Bonchev–Trinajstić information content (AvgIpc) is 2.85. The molecule has 2 aromatic rings. The van der Waals surface area contributed by atoms with Gasteiger partial charge >= 0.3 is 6.61 Å². The van der Waals surface area contributed by atoms with E-state index in [1.54, 1.807) is 35.2 Å². The quantitative estimate of drug-likeness (QED) is 0.713. The second-order valence-corrected chi connectivity index (χ2v) is 8.10. The van der Waals surface area contributed by atoms with E-state index in [0.29, 0.717) is 56.3 Å². The second-order valence-electron chi connectivity index (χ2n) is 8.10. The predicted octanol–water partition coefficient (Wildman–Crippen LogP) is 3.74. The fraction of sp³-hybridized carbons (Fsp3) is 0.417. The van der Waals surface area contributed by atoms with Gasteiger partial charge in [0.05, 0.1) is 30.4 Å². The summed E-state index contributed by atoms with van der Waals surface area (Å²) in [6, 6.07) is 13.2. The highest BCUT2D eigenvalue weighted by atomic mass is 19.3. The van der Waals surface area contributed by atoms with E-state index < -0.39 is 6.61 Å². The standard InChI is InChI=1S/C24H27F2N3O4/c25-24(26)33-19-9-7-18(8-10-19)27-21-6-2-1-5-20(21)23(31)29-11-3-4-17(16-29)22(30)28-12-14-32-15-13-28/h1-2,5-10,17,24,27H,3-4,11-16H2. The van der Waals surface area contributed by atoms with Crippen LogP contribution in [0.25, 0.3) is 0 Å². The zero-order valence-corrected chi connectivity index (χ0v) is 18.2. The van der Waals surface area contributed by atoms with E-state index in [-0.39, 0.29) is 23.5 Å². The van der Waals surface area contributed by atoms with Crippen molar-refractivity contribution >= 4 is 23.2 Å².